The van der Waals surface area contributed by atoms with E-state index in [0.717, 1.165) is 18.2 Å². The van der Waals surface area contributed by atoms with Crippen LogP contribution in [-0.2, 0) is 22.6 Å². The number of alkyl halides is 3. The number of likely N-dealkylation sites (N-methyl/N-ethyl adjacent to an activating group) is 1. The highest BCUT2D eigenvalue weighted by atomic mass is 32.2. The van der Waals surface area contributed by atoms with E-state index in [-0.39, 0.29) is 29.0 Å². The van der Waals surface area contributed by atoms with E-state index in [1.807, 2.05) is 0 Å². The molecule has 0 aromatic heterocycles. The van der Waals surface area contributed by atoms with E-state index in [2.05, 4.69) is 10.0 Å². The van der Waals surface area contributed by atoms with E-state index >= 15 is 0 Å². The quantitative estimate of drug-likeness (QED) is 0.784. The van der Waals surface area contributed by atoms with E-state index in [4.69, 9.17) is 9.47 Å². The maximum atomic E-state index is 12.9. The van der Waals surface area contributed by atoms with Gasteiger partial charge < -0.3 is 14.8 Å². The number of ether oxygens (including phenoxy) is 2. The summed E-state index contributed by atoms with van der Waals surface area (Å²) in [6.45, 7) is 0.253. The molecule has 0 fully saturated rings. The largest absolute Gasteiger partial charge is 0.496 e. The van der Waals surface area contributed by atoms with E-state index < -0.39 is 21.8 Å². The van der Waals surface area contributed by atoms with Gasteiger partial charge in [-0.25, -0.2) is 8.42 Å². The van der Waals surface area contributed by atoms with Gasteiger partial charge in [-0.1, -0.05) is 6.07 Å². The van der Waals surface area contributed by atoms with E-state index in [1.165, 1.54) is 25.3 Å². The minimum atomic E-state index is -4.58. The summed E-state index contributed by atoms with van der Waals surface area (Å²) in [6, 6.07) is 6.79. The van der Waals surface area contributed by atoms with Crippen molar-refractivity contribution in [2.75, 3.05) is 25.5 Å². The zero-order valence-electron chi connectivity index (χ0n) is 15.1. The average Bonchev–Trinajstić information content (AvgIpc) is 2.65. The number of anilines is 1. The lowest BCUT2D eigenvalue weighted by Crippen LogP contribution is -2.37. The third kappa shape index (κ3) is 4.02. The Morgan fingerprint density at radius 2 is 1.96 bits per heavy atom. The number of sulfonamides is 1. The predicted molar refractivity (Wildman–Crippen MR) is 97.3 cm³/mol. The molecule has 152 valence electrons. The van der Waals surface area contributed by atoms with Gasteiger partial charge in [0.2, 0.25) is 0 Å². The molecule has 1 atom stereocenters. The molecule has 0 amide bonds. The lowest BCUT2D eigenvalue weighted by Gasteiger charge is -2.28. The molecule has 10 heteroatoms. The Balaban J connectivity index is 1.99. The molecule has 0 bridgehead atoms. The second-order valence-corrected chi connectivity index (χ2v) is 7.91. The molecule has 6 nitrogen and oxygen atoms in total. The van der Waals surface area contributed by atoms with Crippen LogP contribution in [0, 0.1) is 0 Å². The topological polar surface area (TPSA) is 76.7 Å². The lowest BCUT2D eigenvalue weighted by molar-refractivity contribution is -0.137. The van der Waals surface area contributed by atoms with Crippen LogP contribution in [0.3, 0.4) is 0 Å². The van der Waals surface area contributed by atoms with Crippen LogP contribution in [0.2, 0.25) is 0 Å². The number of hydrogen-bond acceptors (Lipinski definition) is 5. The summed E-state index contributed by atoms with van der Waals surface area (Å²) in [5, 5.41) is 3.06. The molecule has 28 heavy (non-hydrogen) atoms. The molecule has 0 saturated heterocycles. The fraction of sp³-hybridized carbons (Fsp3) is 0.333. The Morgan fingerprint density at radius 3 is 2.61 bits per heavy atom. The van der Waals surface area contributed by atoms with Gasteiger partial charge in [0.15, 0.2) is 0 Å². The SMILES string of the molecule is CN[C@H]1COc2c(S(=O)(=O)Nc3cccc(C(F)(F)F)c3)ccc(OC)c2C1. The van der Waals surface area contributed by atoms with Crippen molar-refractivity contribution in [2.24, 2.45) is 0 Å². The van der Waals surface area contributed by atoms with Gasteiger partial charge in [0.1, 0.15) is 23.0 Å². The van der Waals surface area contributed by atoms with Gasteiger partial charge in [0.25, 0.3) is 10.0 Å². The molecule has 1 aliphatic rings. The standard InChI is InChI=1S/C18H19F3N2O4S/c1-22-13-9-14-15(26-2)6-7-16(17(14)27-10-13)28(24,25)23-12-5-3-4-11(8-12)18(19,20)21/h3-8,13,22-23H,9-10H2,1-2H3/t13-/m1/s1. The maximum absolute atomic E-state index is 12.9. The van der Waals surface area contributed by atoms with E-state index in [0.29, 0.717) is 17.7 Å². The van der Waals surface area contributed by atoms with Crippen LogP contribution in [0.1, 0.15) is 11.1 Å². The fourth-order valence-electron chi connectivity index (χ4n) is 2.99. The van der Waals surface area contributed by atoms with Crippen LogP contribution < -0.4 is 19.5 Å². The first-order valence-electron chi connectivity index (χ1n) is 8.35. The van der Waals surface area contributed by atoms with E-state index in [9.17, 15) is 21.6 Å². The number of methoxy groups -OCH3 is 1. The summed E-state index contributed by atoms with van der Waals surface area (Å²) < 4.78 is 77.5. The summed E-state index contributed by atoms with van der Waals surface area (Å²) >= 11 is 0. The number of nitrogens with one attached hydrogen (secondary N) is 2. The third-order valence-electron chi connectivity index (χ3n) is 4.42. The molecule has 0 aliphatic carbocycles. The van der Waals surface area contributed by atoms with Crippen molar-refractivity contribution < 1.29 is 31.1 Å². The lowest BCUT2D eigenvalue weighted by atomic mass is 10.0. The molecule has 0 saturated carbocycles. The minimum Gasteiger partial charge on any atom is -0.496 e. The van der Waals surface area contributed by atoms with Crippen molar-refractivity contribution >= 4 is 15.7 Å². The van der Waals surface area contributed by atoms with Gasteiger partial charge in [0, 0.05) is 17.3 Å². The van der Waals surface area contributed by atoms with Gasteiger partial charge in [-0.05, 0) is 43.8 Å². The summed E-state index contributed by atoms with van der Waals surface area (Å²) in [4.78, 5) is -0.157. The van der Waals surface area contributed by atoms with E-state index in [1.54, 1.807) is 7.05 Å². The summed E-state index contributed by atoms with van der Waals surface area (Å²) in [5.41, 5.74) is -0.555. The zero-order valence-corrected chi connectivity index (χ0v) is 15.9. The molecule has 3 rings (SSSR count). The highest BCUT2D eigenvalue weighted by Gasteiger charge is 2.32. The van der Waals surface area contributed by atoms with Crippen LogP contribution in [0.25, 0.3) is 0 Å². The van der Waals surface area contributed by atoms with Crippen molar-refractivity contribution in [3.05, 3.63) is 47.5 Å². The summed E-state index contributed by atoms with van der Waals surface area (Å²) in [7, 11) is -0.953. The van der Waals surface area contributed by atoms with Crippen molar-refractivity contribution in [1.29, 1.82) is 0 Å². The molecule has 2 aromatic carbocycles. The molecular formula is C18H19F3N2O4S. The Labute approximate surface area is 160 Å². The number of benzene rings is 2. The fourth-order valence-corrected chi connectivity index (χ4v) is 4.21. The first-order valence-corrected chi connectivity index (χ1v) is 9.84. The normalized spacial score (nSPS) is 16.8. The monoisotopic (exact) mass is 416 g/mol. The molecule has 0 unspecified atom stereocenters. The minimum absolute atomic E-state index is 0.0178. The Bertz CT molecular complexity index is 977. The van der Waals surface area contributed by atoms with Gasteiger partial charge in [0.05, 0.1) is 12.7 Å². The van der Waals surface area contributed by atoms with Crippen LogP contribution in [-0.4, -0.2) is 35.2 Å². The van der Waals surface area contributed by atoms with Gasteiger partial charge in [-0.15, -0.1) is 0 Å². The molecule has 2 N–H and O–H groups in total. The smallest absolute Gasteiger partial charge is 0.416 e. The van der Waals surface area contributed by atoms with Crippen molar-refractivity contribution in [1.82, 2.24) is 5.32 Å². The summed E-state index contributed by atoms with van der Waals surface area (Å²) in [6.07, 6.45) is -4.09. The summed E-state index contributed by atoms with van der Waals surface area (Å²) in [5.74, 6) is 0.623. The third-order valence-corrected chi connectivity index (χ3v) is 5.83. The second-order valence-electron chi connectivity index (χ2n) is 6.26. The Morgan fingerprint density at radius 1 is 1.21 bits per heavy atom. The number of hydrogen-bond donors (Lipinski definition) is 2. The molecule has 0 radical (unpaired) electrons. The molecule has 0 spiro atoms. The van der Waals surface area contributed by atoms with Crippen LogP contribution >= 0.6 is 0 Å². The number of fused-ring (bicyclic) bond motifs is 1. The molecule has 2 aromatic rings. The van der Waals surface area contributed by atoms with Gasteiger partial charge in [-0.3, -0.25) is 4.72 Å². The highest BCUT2D eigenvalue weighted by Crippen LogP contribution is 2.39. The predicted octanol–water partition coefficient (Wildman–Crippen LogP) is 3.04. The second kappa shape index (κ2) is 7.51. The first-order chi connectivity index (χ1) is 13.2. The van der Waals surface area contributed by atoms with Gasteiger partial charge >= 0.3 is 6.18 Å². The van der Waals surface area contributed by atoms with Crippen molar-refractivity contribution in [3.8, 4) is 11.5 Å². The van der Waals surface area contributed by atoms with Gasteiger partial charge in [-0.2, -0.15) is 13.2 Å². The van der Waals surface area contributed by atoms with Crippen molar-refractivity contribution in [2.45, 2.75) is 23.5 Å². The molecule has 1 aliphatic heterocycles. The number of halogens is 3. The highest BCUT2D eigenvalue weighted by molar-refractivity contribution is 7.92. The Kier molecular flexibility index (Phi) is 5.44. The Hall–Kier alpha value is -2.46. The van der Waals surface area contributed by atoms with Crippen LogP contribution in [0.5, 0.6) is 11.5 Å². The van der Waals surface area contributed by atoms with Crippen molar-refractivity contribution in [3.63, 3.8) is 0 Å². The van der Waals surface area contributed by atoms with Crippen LogP contribution in [0.15, 0.2) is 41.3 Å². The zero-order chi connectivity index (χ0) is 20.5. The maximum Gasteiger partial charge on any atom is 0.416 e. The number of rotatable bonds is 5. The average molecular weight is 416 g/mol. The molecule has 1 heterocycles. The molecular weight excluding hydrogens is 397 g/mol. The first kappa shape index (κ1) is 20.3. The van der Waals surface area contributed by atoms with Crippen LogP contribution in [0.4, 0.5) is 18.9 Å².